The highest BCUT2D eigenvalue weighted by atomic mass is 16.5. The summed E-state index contributed by atoms with van der Waals surface area (Å²) in [5.41, 5.74) is 13.4. The molecule has 2 aromatic rings. The minimum Gasteiger partial charge on any atom is -0.496 e. The Bertz CT molecular complexity index is 1280. The maximum atomic E-state index is 13.8. The molecule has 0 saturated carbocycles. The zero-order chi connectivity index (χ0) is 27.2. The number of amides is 2. The number of carbonyl (C=O) groups is 1. The van der Waals surface area contributed by atoms with E-state index in [9.17, 15) is 4.79 Å². The Morgan fingerprint density at radius 2 is 1.95 bits per heavy atom. The third kappa shape index (κ3) is 4.23. The summed E-state index contributed by atoms with van der Waals surface area (Å²) in [5, 5.41) is 0. The zero-order valence-electron chi connectivity index (χ0n) is 23.5. The van der Waals surface area contributed by atoms with E-state index in [1.54, 1.807) is 7.11 Å². The van der Waals surface area contributed by atoms with Crippen LogP contribution in [0.5, 0.6) is 5.75 Å². The highest BCUT2D eigenvalue weighted by molar-refractivity contribution is 5.83. The summed E-state index contributed by atoms with van der Waals surface area (Å²) in [6.45, 7) is 14.6. The quantitative estimate of drug-likeness (QED) is 0.527. The summed E-state index contributed by atoms with van der Waals surface area (Å²) in [4.78, 5) is 22.5. The SMILES string of the molecule is C=C(CN1CCC2(CC1)C1=C[C@H](C)c3c(cc(C)cc3OC)CN1C(=O)N2CC)N(C)c1ccccc1N. The van der Waals surface area contributed by atoms with Crippen LogP contribution < -0.4 is 15.4 Å². The standard InChI is InChI=1S/C31H41N5O2/c1-7-36-30(37)35-20-24-16-21(2)17-27(38-6)29(24)22(3)18-28(35)31(36)12-14-34(15-13-31)19-23(4)33(5)26-11-9-8-10-25(26)32/h8-11,16-18,22H,4,7,12-15,19-20,32H2,1-3,5-6H3/t22-/m0/s1. The molecule has 1 atom stereocenters. The summed E-state index contributed by atoms with van der Waals surface area (Å²) in [5.74, 6) is 1.07. The highest BCUT2D eigenvalue weighted by Gasteiger charge is 2.54. The molecule has 0 unspecified atom stereocenters. The molecule has 0 aliphatic carbocycles. The van der Waals surface area contributed by atoms with Crippen molar-refractivity contribution in [1.82, 2.24) is 14.7 Å². The molecule has 7 heteroatoms. The maximum absolute atomic E-state index is 13.8. The van der Waals surface area contributed by atoms with Gasteiger partial charge in [0.05, 0.1) is 30.6 Å². The van der Waals surface area contributed by atoms with Crippen LogP contribution in [0.25, 0.3) is 0 Å². The molecule has 3 aliphatic heterocycles. The van der Waals surface area contributed by atoms with E-state index < -0.39 is 0 Å². The lowest BCUT2D eigenvalue weighted by molar-refractivity contribution is 0.0966. The van der Waals surface area contributed by atoms with Crippen LogP contribution >= 0.6 is 0 Å². The molecule has 3 aliphatic rings. The number of urea groups is 1. The summed E-state index contributed by atoms with van der Waals surface area (Å²) >= 11 is 0. The number of hydrogen-bond donors (Lipinski definition) is 1. The Hall–Kier alpha value is -3.45. The fourth-order valence-electron chi connectivity index (χ4n) is 6.74. The van der Waals surface area contributed by atoms with Crippen molar-refractivity contribution in [2.45, 2.75) is 51.6 Å². The molecular formula is C31H41N5O2. The van der Waals surface area contributed by atoms with Crippen molar-refractivity contribution in [1.29, 1.82) is 0 Å². The van der Waals surface area contributed by atoms with Crippen LogP contribution in [-0.2, 0) is 6.54 Å². The first-order valence-electron chi connectivity index (χ1n) is 13.7. The molecule has 38 heavy (non-hydrogen) atoms. The van der Waals surface area contributed by atoms with Crippen molar-refractivity contribution in [3.8, 4) is 5.75 Å². The number of benzene rings is 2. The molecule has 2 N–H and O–H groups in total. The Balaban J connectivity index is 1.38. The molecule has 2 fully saturated rings. The van der Waals surface area contributed by atoms with Crippen LogP contribution in [0, 0.1) is 6.92 Å². The molecular weight excluding hydrogens is 474 g/mol. The topological polar surface area (TPSA) is 65.3 Å². The molecule has 3 heterocycles. The van der Waals surface area contributed by atoms with Gasteiger partial charge in [0.15, 0.2) is 0 Å². The van der Waals surface area contributed by atoms with Gasteiger partial charge in [-0.05, 0) is 56.0 Å². The Morgan fingerprint density at radius 1 is 1.24 bits per heavy atom. The third-order valence-electron chi connectivity index (χ3n) is 8.71. The first-order chi connectivity index (χ1) is 18.2. The lowest BCUT2D eigenvalue weighted by Crippen LogP contribution is -2.54. The summed E-state index contributed by atoms with van der Waals surface area (Å²) in [6.07, 6.45) is 4.13. The van der Waals surface area contributed by atoms with E-state index in [-0.39, 0.29) is 17.5 Å². The number of rotatable bonds is 6. The number of para-hydroxylation sites is 2. The van der Waals surface area contributed by atoms with E-state index in [0.29, 0.717) is 13.1 Å². The minimum atomic E-state index is -0.280. The molecule has 0 bridgehead atoms. The second-order valence-corrected chi connectivity index (χ2v) is 11.0. The average Bonchev–Trinajstić information content (AvgIpc) is 3.00. The van der Waals surface area contributed by atoms with E-state index in [0.717, 1.165) is 60.9 Å². The highest BCUT2D eigenvalue weighted by Crippen LogP contribution is 2.48. The Kier molecular flexibility index (Phi) is 6.90. The second kappa shape index (κ2) is 10.0. The van der Waals surface area contributed by atoms with Crippen molar-refractivity contribution < 1.29 is 9.53 Å². The number of aryl methyl sites for hydroxylation is 1. The molecule has 0 aromatic heterocycles. The van der Waals surface area contributed by atoms with Crippen LogP contribution in [-0.4, -0.2) is 66.6 Å². The number of allylic oxidation sites excluding steroid dienone is 1. The van der Waals surface area contributed by atoms with E-state index in [1.807, 2.05) is 36.2 Å². The van der Waals surface area contributed by atoms with Crippen LogP contribution in [0.2, 0.25) is 0 Å². The van der Waals surface area contributed by atoms with Crippen molar-refractivity contribution in [2.24, 2.45) is 0 Å². The van der Waals surface area contributed by atoms with E-state index in [4.69, 9.17) is 10.5 Å². The summed E-state index contributed by atoms with van der Waals surface area (Å²) in [6, 6.07) is 12.3. The number of hydrogen-bond acceptors (Lipinski definition) is 5. The zero-order valence-corrected chi connectivity index (χ0v) is 23.5. The van der Waals surface area contributed by atoms with Crippen LogP contribution in [0.15, 0.2) is 60.4 Å². The molecule has 2 aromatic carbocycles. The van der Waals surface area contributed by atoms with Gasteiger partial charge in [0, 0.05) is 56.1 Å². The first kappa shape index (κ1) is 26.2. The number of methoxy groups -OCH3 is 1. The number of fused-ring (bicyclic) bond motifs is 3. The van der Waals surface area contributed by atoms with Gasteiger partial charge in [0.2, 0.25) is 0 Å². The number of piperidine rings is 1. The van der Waals surface area contributed by atoms with E-state index in [2.05, 4.69) is 60.3 Å². The molecule has 202 valence electrons. The Labute approximate surface area is 227 Å². The second-order valence-electron chi connectivity index (χ2n) is 11.0. The fraction of sp³-hybridized carbons (Fsp3) is 0.452. The minimum absolute atomic E-state index is 0.122. The number of nitrogens with zero attached hydrogens (tertiary/aromatic N) is 4. The smallest absolute Gasteiger partial charge is 0.325 e. The molecule has 2 amide bonds. The van der Waals surface area contributed by atoms with Gasteiger partial charge in [0.1, 0.15) is 5.75 Å². The number of nitrogen functional groups attached to an aromatic ring is 1. The van der Waals surface area contributed by atoms with Gasteiger partial charge in [-0.2, -0.15) is 0 Å². The predicted molar refractivity (Wildman–Crippen MR) is 154 cm³/mol. The van der Waals surface area contributed by atoms with E-state index in [1.165, 1.54) is 16.8 Å². The van der Waals surface area contributed by atoms with Crippen molar-refractivity contribution in [3.05, 3.63) is 77.1 Å². The number of likely N-dealkylation sites (N-methyl/N-ethyl adjacent to an activating group) is 2. The van der Waals surface area contributed by atoms with Crippen LogP contribution in [0.4, 0.5) is 16.2 Å². The number of nitrogens with two attached hydrogens (primary N) is 1. The molecule has 1 spiro atoms. The average molecular weight is 516 g/mol. The third-order valence-corrected chi connectivity index (χ3v) is 8.71. The van der Waals surface area contributed by atoms with Gasteiger partial charge in [-0.1, -0.05) is 37.8 Å². The van der Waals surface area contributed by atoms with Gasteiger partial charge in [-0.15, -0.1) is 0 Å². The van der Waals surface area contributed by atoms with Crippen molar-refractivity contribution >= 4 is 17.4 Å². The van der Waals surface area contributed by atoms with Crippen molar-refractivity contribution in [2.75, 3.05) is 51.0 Å². The van der Waals surface area contributed by atoms with E-state index >= 15 is 0 Å². The lowest BCUT2D eigenvalue weighted by Gasteiger charge is -2.45. The molecule has 5 rings (SSSR count). The predicted octanol–water partition coefficient (Wildman–Crippen LogP) is 5.33. The largest absolute Gasteiger partial charge is 0.496 e. The molecule has 2 saturated heterocycles. The Morgan fingerprint density at radius 3 is 2.61 bits per heavy atom. The molecule has 0 radical (unpaired) electrons. The first-order valence-corrected chi connectivity index (χ1v) is 13.7. The van der Waals surface area contributed by atoms with Crippen molar-refractivity contribution in [3.63, 3.8) is 0 Å². The number of ether oxygens (including phenoxy) is 1. The monoisotopic (exact) mass is 515 g/mol. The lowest BCUT2D eigenvalue weighted by atomic mass is 9.82. The normalized spacial score (nSPS) is 20.6. The number of anilines is 2. The molecule has 7 nitrogen and oxygen atoms in total. The van der Waals surface area contributed by atoms with Crippen LogP contribution in [0.1, 0.15) is 49.3 Å². The summed E-state index contributed by atoms with van der Waals surface area (Å²) in [7, 11) is 3.76. The number of likely N-dealkylation sites (tertiary alicyclic amines) is 1. The van der Waals surface area contributed by atoms with Crippen LogP contribution in [0.3, 0.4) is 0 Å². The fourth-order valence-corrected chi connectivity index (χ4v) is 6.74. The van der Waals surface area contributed by atoms with Gasteiger partial charge in [-0.25, -0.2) is 4.79 Å². The van der Waals surface area contributed by atoms with Gasteiger partial charge in [-0.3, -0.25) is 9.80 Å². The number of carbonyl (C=O) groups excluding carboxylic acids is 1. The van der Waals surface area contributed by atoms with Gasteiger partial charge in [0.25, 0.3) is 0 Å². The summed E-state index contributed by atoms with van der Waals surface area (Å²) < 4.78 is 5.79. The maximum Gasteiger partial charge on any atom is 0.325 e. The van der Waals surface area contributed by atoms with Gasteiger partial charge < -0.3 is 20.3 Å². The van der Waals surface area contributed by atoms with Gasteiger partial charge >= 0.3 is 6.03 Å².